The van der Waals surface area contributed by atoms with Crippen LogP contribution >= 0.6 is 0 Å². The Kier molecular flexibility index (Phi) is 4.44. The Morgan fingerprint density at radius 3 is 2.76 bits per heavy atom. The molecule has 1 aromatic heterocycles. The fourth-order valence-corrected chi connectivity index (χ4v) is 0.910. The van der Waals surface area contributed by atoms with Gasteiger partial charge in [0, 0.05) is 0 Å². The first kappa shape index (κ1) is 13.4. The number of H-pyrrole nitrogens is 1. The minimum atomic E-state index is -4.40. The van der Waals surface area contributed by atoms with Crippen molar-refractivity contribution < 1.29 is 27.4 Å². The van der Waals surface area contributed by atoms with Crippen LogP contribution in [0, 0.1) is 0 Å². The lowest BCUT2D eigenvalue weighted by Crippen LogP contribution is -2.17. The number of nitrogens with one attached hydrogen (secondary N) is 1. The molecule has 0 amide bonds. The van der Waals surface area contributed by atoms with E-state index in [9.17, 15) is 18.0 Å². The molecule has 9 heteroatoms. The number of aromatic nitrogens is 3. The van der Waals surface area contributed by atoms with Gasteiger partial charge >= 0.3 is 12.1 Å². The second-order valence-electron chi connectivity index (χ2n) is 2.93. The highest BCUT2D eigenvalue weighted by molar-refractivity contribution is 5.84. The molecule has 0 saturated carbocycles. The minimum Gasteiger partial charge on any atom is -0.460 e. The maximum absolute atomic E-state index is 11.7. The van der Waals surface area contributed by atoms with Gasteiger partial charge in [0.15, 0.2) is 5.82 Å². The molecule has 1 aromatic rings. The van der Waals surface area contributed by atoms with Crippen molar-refractivity contribution in [1.29, 1.82) is 0 Å². The summed E-state index contributed by atoms with van der Waals surface area (Å²) in [5.74, 6) is -0.958. The van der Waals surface area contributed by atoms with Gasteiger partial charge < -0.3 is 9.47 Å². The molecule has 0 unspecified atom stereocenters. The van der Waals surface area contributed by atoms with Crippen LogP contribution in [0.15, 0.2) is 0 Å². The zero-order valence-corrected chi connectivity index (χ0v) is 8.87. The van der Waals surface area contributed by atoms with Gasteiger partial charge in [0.25, 0.3) is 5.82 Å². The predicted molar refractivity (Wildman–Crippen MR) is 48.1 cm³/mol. The van der Waals surface area contributed by atoms with Gasteiger partial charge in [-0.2, -0.15) is 13.2 Å². The van der Waals surface area contributed by atoms with Crippen LogP contribution in [0.1, 0.15) is 23.4 Å². The van der Waals surface area contributed by atoms with E-state index in [1.165, 1.54) is 0 Å². The quantitative estimate of drug-likeness (QED) is 0.794. The monoisotopic (exact) mass is 253 g/mol. The topological polar surface area (TPSA) is 77.1 Å². The Morgan fingerprint density at radius 2 is 2.18 bits per heavy atom. The smallest absolute Gasteiger partial charge is 0.411 e. The number of halogens is 3. The van der Waals surface area contributed by atoms with Gasteiger partial charge in [0.1, 0.15) is 13.2 Å². The zero-order chi connectivity index (χ0) is 12.9. The summed E-state index contributed by atoms with van der Waals surface area (Å²) in [6.07, 6.45) is -4.40. The lowest BCUT2D eigenvalue weighted by molar-refractivity contribution is -0.177. The number of esters is 1. The van der Waals surface area contributed by atoms with Crippen molar-refractivity contribution in [3.05, 3.63) is 11.6 Å². The first-order valence-electron chi connectivity index (χ1n) is 4.65. The highest BCUT2D eigenvalue weighted by Gasteiger charge is 2.27. The Morgan fingerprint density at radius 1 is 1.47 bits per heavy atom. The van der Waals surface area contributed by atoms with Crippen LogP contribution in [-0.2, 0) is 16.1 Å². The fraction of sp³-hybridized carbons (Fsp3) is 0.625. The van der Waals surface area contributed by atoms with E-state index in [1.54, 1.807) is 6.92 Å². The summed E-state index contributed by atoms with van der Waals surface area (Å²) >= 11 is 0. The van der Waals surface area contributed by atoms with Crippen LogP contribution in [-0.4, -0.2) is 40.5 Å². The summed E-state index contributed by atoms with van der Waals surface area (Å²) in [6.45, 7) is -0.0282. The lowest BCUT2D eigenvalue weighted by atomic mass is 10.6. The Labute approximate surface area is 94.1 Å². The third kappa shape index (κ3) is 4.81. The summed E-state index contributed by atoms with van der Waals surface area (Å²) in [4.78, 5) is 14.7. The second kappa shape index (κ2) is 5.62. The Balaban J connectivity index is 2.43. The molecule has 0 aromatic carbocycles. The standard InChI is InChI=1S/C8H10F3N3O3/c1-2-17-7(15)6-12-5(13-14-6)3-16-4-8(9,10)11/h2-4H2,1H3,(H,12,13,14). The summed E-state index contributed by atoms with van der Waals surface area (Å²) in [5.41, 5.74) is 0. The molecule has 6 nitrogen and oxygen atoms in total. The van der Waals surface area contributed by atoms with Crippen molar-refractivity contribution in [2.75, 3.05) is 13.2 Å². The highest BCUT2D eigenvalue weighted by Crippen LogP contribution is 2.14. The van der Waals surface area contributed by atoms with Gasteiger partial charge in [-0.1, -0.05) is 0 Å². The van der Waals surface area contributed by atoms with Gasteiger partial charge in [-0.15, -0.1) is 5.10 Å². The van der Waals surface area contributed by atoms with Gasteiger partial charge in [-0.05, 0) is 6.92 Å². The second-order valence-corrected chi connectivity index (χ2v) is 2.93. The largest absolute Gasteiger partial charge is 0.460 e. The molecule has 0 atom stereocenters. The molecule has 1 heterocycles. The van der Waals surface area contributed by atoms with E-state index in [0.29, 0.717) is 0 Å². The zero-order valence-electron chi connectivity index (χ0n) is 8.87. The molecule has 0 radical (unpaired) electrons. The van der Waals surface area contributed by atoms with Crippen LogP contribution in [0.5, 0.6) is 0 Å². The molecule has 0 aliphatic carbocycles. The molecule has 0 aliphatic heterocycles. The van der Waals surface area contributed by atoms with Gasteiger partial charge in [-0.25, -0.2) is 9.78 Å². The van der Waals surface area contributed by atoms with Gasteiger partial charge in [0.2, 0.25) is 0 Å². The average molecular weight is 253 g/mol. The number of ether oxygens (including phenoxy) is 2. The fourth-order valence-electron chi connectivity index (χ4n) is 0.910. The van der Waals surface area contributed by atoms with Crippen molar-refractivity contribution in [2.24, 2.45) is 0 Å². The van der Waals surface area contributed by atoms with E-state index in [2.05, 4.69) is 24.7 Å². The minimum absolute atomic E-state index is 0.0253. The number of carbonyl (C=O) groups is 1. The maximum Gasteiger partial charge on any atom is 0.411 e. The normalized spacial score (nSPS) is 11.5. The molecular formula is C8H10F3N3O3. The molecule has 1 rings (SSSR count). The SMILES string of the molecule is CCOC(=O)c1n[nH]c(COCC(F)(F)F)n1. The van der Waals surface area contributed by atoms with E-state index in [4.69, 9.17) is 0 Å². The third-order valence-corrected chi connectivity index (χ3v) is 1.49. The average Bonchev–Trinajstić information content (AvgIpc) is 2.65. The van der Waals surface area contributed by atoms with E-state index in [0.717, 1.165) is 0 Å². The van der Waals surface area contributed by atoms with E-state index >= 15 is 0 Å². The van der Waals surface area contributed by atoms with E-state index < -0.39 is 25.4 Å². The van der Waals surface area contributed by atoms with Gasteiger partial charge in [0.05, 0.1) is 6.61 Å². The van der Waals surface area contributed by atoms with Crippen molar-refractivity contribution in [1.82, 2.24) is 15.2 Å². The molecule has 0 aliphatic rings. The van der Waals surface area contributed by atoms with E-state index in [-0.39, 0.29) is 18.3 Å². The van der Waals surface area contributed by atoms with E-state index in [1.807, 2.05) is 0 Å². The van der Waals surface area contributed by atoms with Crippen LogP contribution in [0.4, 0.5) is 13.2 Å². The molecular weight excluding hydrogens is 243 g/mol. The van der Waals surface area contributed by atoms with Crippen molar-refractivity contribution in [2.45, 2.75) is 19.7 Å². The molecule has 0 fully saturated rings. The predicted octanol–water partition coefficient (Wildman–Crippen LogP) is 1.06. The maximum atomic E-state index is 11.7. The molecule has 1 N–H and O–H groups in total. The van der Waals surface area contributed by atoms with Crippen molar-refractivity contribution in [3.8, 4) is 0 Å². The third-order valence-electron chi connectivity index (χ3n) is 1.49. The number of rotatable bonds is 5. The summed E-state index contributed by atoms with van der Waals surface area (Å²) in [5, 5.41) is 5.75. The van der Waals surface area contributed by atoms with Gasteiger partial charge in [-0.3, -0.25) is 5.10 Å². The number of nitrogens with zero attached hydrogens (tertiary/aromatic N) is 2. The molecule has 0 bridgehead atoms. The van der Waals surface area contributed by atoms with Crippen molar-refractivity contribution in [3.63, 3.8) is 0 Å². The first-order chi connectivity index (χ1) is 7.92. The number of aromatic amines is 1. The Bertz CT molecular complexity index is 378. The van der Waals surface area contributed by atoms with Crippen LogP contribution in [0.2, 0.25) is 0 Å². The summed E-state index contributed by atoms with van der Waals surface area (Å²) in [7, 11) is 0. The number of hydrogen-bond donors (Lipinski definition) is 1. The first-order valence-corrected chi connectivity index (χ1v) is 4.65. The van der Waals surface area contributed by atoms with Crippen LogP contribution in [0.3, 0.4) is 0 Å². The number of alkyl halides is 3. The molecule has 0 saturated heterocycles. The molecule has 96 valence electrons. The summed E-state index contributed by atoms with van der Waals surface area (Å²) in [6, 6.07) is 0. The van der Waals surface area contributed by atoms with Crippen LogP contribution < -0.4 is 0 Å². The Hall–Kier alpha value is -1.64. The lowest BCUT2D eigenvalue weighted by Gasteiger charge is -2.05. The molecule has 17 heavy (non-hydrogen) atoms. The number of hydrogen-bond acceptors (Lipinski definition) is 5. The summed E-state index contributed by atoms with van der Waals surface area (Å²) < 4.78 is 44.2. The number of carbonyl (C=O) groups excluding carboxylic acids is 1. The van der Waals surface area contributed by atoms with Crippen LogP contribution in [0.25, 0.3) is 0 Å². The molecule has 0 spiro atoms. The van der Waals surface area contributed by atoms with Crippen molar-refractivity contribution >= 4 is 5.97 Å². The highest BCUT2D eigenvalue weighted by atomic mass is 19.4.